The van der Waals surface area contributed by atoms with E-state index in [9.17, 15) is 9.59 Å². The van der Waals surface area contributed by atoms with Gasteiger partial charge in [-0.2, -0.15) is 0 Å². The SMILES string of the molecule is CCc1cccc(NC(=O)CNC(=O)NCc2ccc(C)cc2)c1. The second kappa shape index (κ2) is 8.72. The number of hydrogen-bond donors (Lipinski definition) is 3. The lowest BCUT2D eigenvalue weighted by atomic mass is 10.1. The van der Waals surface area contributed by atoms with E-state index in [0.717, 1.165) is 23.2 Å². The van der Waals surface area contributed by atoms with Crippen LogP contribution in [0.15, 0.2) is 48.5 Å². The first-order valence-electron chi connectivity index (χ1n) is 8.03. The summed E-state index contributed by atoms with van der Waals surface area (Å²) in [5.74, 6) is -0.256. The van der Waals surface area contributed by atoms with Crippen LogP contribution in [0.4, 0.5) is 10.5 Å². The smallest absolute Gasteiger partial charge is 0.315 e. The largest absolute Gasteiger partial charge is 0.334 e. The van der Waals surface area contributed by atoms with E-state index in [-0.39, 0.29) is 18.5 Å². The van der Waals surface area contributed by atoms with Crippen LogP contribution in [-0.4, -0.2) is 18.5 Å². The maximum atomic E-state index is 11.9. The van der Waals surface area contributed by atoms with Crippen LogP contribution < -0.4 is 16.0 Å². The topological polar surface area (TPSA) is 70.2 Å². The van der Waals surface area contributed by atoms with Gasteiger partial charge in [0.05, 0.1) is 6.54 Å². The first-order chi connectivity index (χ1) is 11.6. The number of rotatable bonds is 6. The van der Waals surface area contributed by atoms with Crippen molar-refractivity contribution in [3.05, 3.63) is 65.2 Å². The number of anilines is 1. The first-order valence-corrected chi connectivity index (χ1v) is 8.03. The Bertz CT molecular complexity index is 696. The molecule has 0 aromatic heterocycles. The highest BCUT2D eigenvalue weighted by Crippen LogP contribution is 2.10. The molecule has 3 amide bonds. The standard InChI is InChI=1S/C19H23N3O2/c1-3-15-5-4-6-17(11-15)22-18(23)13-21-19(24)20-12-16-9-7-14(2)8-10-16/h4-11H,3,12-13H2,1-2H3,(H,22,23)(H2,20,21,24). The molecule has 126 valence electrons. The van der Waals surface area contributed by atoms with Gasteiger partial charge in [0.15, 0.2) is 0 Å². The van der Waals surface area contributed by atoms with Crippen LogP contribution in [0.2, 0.25) is 0 Å². The summed E-state index contributed by atoms with van der Waals surface area (Å²) < 4.78 is 0. The normalized spacial score (nSPS) is 10.1. The molecule has 0 aliphatic rings. The highest BCUT2D eigenvalue weighted by atomic mass is 16.2. The molecule has 2 aromatic rings. The van der Waals surface area contributed by atoms with Crippen LogP contribution >= 0.6 is 0 Å². The van der Waals surface area contributed by atoms with Gasteiger partial charge >= 0.3 is 6.03 Å². The van der Waals surface area contributed by atoms with Crippen molar-refractivity contribution in [2.75, 3.05) is 11.9 Å². The number of carbonyl (C=O) groups is 2. The summed E-state index contributed by atoms with van der Waals surface area (Å²) in [4.78, 5) is 23.6. The Labute approximate surface area is 142 Å². The van der Waals surface area contributed by atoms with E-state index in [1.807, 2.05) is 55.5 Å². The fourth-order valence-electron chi connectivity index (χ4n) is 2.19. The molecular formula is C19H23N3O2. The zero-order valence-corrected chi connectivity index (χ0v) is 14.1. The molecule has 0 aliphatic carbocycles. The molecule has 0 unspecified atom stereocenters. The molecule has 5 heteroatoms. The molecule has 5 nitrogen and oxygen atoms in total. The third-order valence-electron chi connectivity index (χ3n) is 3.60. The first kappa shape index (κ1) is 17.5. The molecule has 0 saturated heterocycles. The van der Waals surface area contributed by atoms with Crippen molar-refractivity contribution >= 4 is 17.6 Å². The summed E-state index contributed by atoms with van der Waals surface area (Å²) in [7, 11) is 0. The third-order valence-corrected chi connectivity index (χ3v) is 3.60. The number of carbonyl (C=O) groups excluding carboxylic acids is 2. The van der Waals surface area contributed by atoms with E-state index < -0.39 is 0 Å². The Morgan fingerprint density at radius 3 is 2.42 bits per heavy atom. The van der Waals surface area contributed by atoms with Crippen molar-refractivity contribution in [1.82, 2.24) is 10.6 Å². The third kappa shape index (κ3) is 5.76. The molecule has 0 atom stereocenters. The number of nitrogens with one attached hydrogen (secondary N) is 3. The lowest BCUT2D eigenvalue weighted by Gasteiger charge is -2.09. The van der Waals surface area contributed by atoms with Crippen LogP contribution in [0, 0.1) is 6.92 Å². The molecule has 0 radical (unpaired) electrons. The van der Waals surface area contributed by atoms with Gasteiger partial charge in [0.2, 0.25) is 5.91 Å². The van der Waals surface area contributed by atoms with Crippen molar-refractivity contribution in [2.24, 2.45) is 0 Å². The van der Waals surface area contributed by atoms with Gasteiger partial charge < -0.3 is 16.0 Å². The van der Waals surface area contributed by atoms with Crippen molar-refractivity contribution < 1.29 is 9.59 Å². The van der Waals surface area contributed by atoms with Crippen molar-refractivity contribution in [1.29, 1.82) is 0 Å². The maximum absolute atomic E-state index is 11.9. The lowest BCUT2D eigenvalue weighted by Crippen LogP contribution is -2.39. The molecule has 0 bridgehead atoms. The minimum atomic E-state index is -0.368. The van der Waals surface area contributed by atoms with Gasteiger partial charge in [-0.1, -0.05) is 48.9 Å². The van der Waals surface area contributed by atoms with E-state index in [0.29, 0.717) is 6.54 Å². The average molecular weight is 325 g/mol. The molecule has 0 fully saturated rings. The summed E-state index contributed by atoms with van der Waals surface area (Å²) in [6.45, 7) is 4.42. The summed E-state index contributed by atoms with van der Waals surface area (Å²) >= 11 is 0. The Kier molecular flexibility index (Phi) is 6.37. The lowest BCUT2D eigenvalue weighted by molar-refractivity contribution is -0.115. The van der Waals surface area contributed by atoms with Crippen LogP contribution in [-0.2, 0) is 17.8 Å². The molecule has 2 aromatic carbocycles. The summed E-state index contributed by atoms with van der Waals surface area (Å²) in [6, 6.07) is 15.2. The number of benzene rings is 2. The fourth-order valence-corrected chi connectivity index (χ4v) is 2.19. The molecule has 24 heavy (non-hydrogen) atoms. The second-order valence-electron chi connectivity index (χ2n) is 5.62. The van der Waals surface area contributed by atoms with Crippen molar-refractivity contribution in [2.45, 2.75) is 26.8 Å². The fraction of sp³-hybridized carbons (Fsp3) is 0.263. The Morgan fingerprint density at radius 2 is 1.71 bits per heavy atom. The van der Waals surface area contributed by atoms with E-state index in [2.05, 4.69) is 22.9 Å². The minimum Gasteiger partial charge on any atom is -0.334 e. The van der Waals surface area contributed by atoms with E-state index in [4.69, 9.17) is 0 Å². The maximum Gasteiger partial charge on any atom is 0.315 e. The number of urea groups is 1. The molecule has 3 N–H and O–H groups in total. The van der Waals surface area contributed by atoms with Crippen LogP contribution in [0.3, 0.4) is 0 Å². The van der Waals surface area contributed by atoms with Gasteiger partial charge in [0.25, 0.3) is 0 Å². The predicted molar refractivity (Wildman–Crippen MR) is 95.9 cm³/mol. The molecule has 0 saturated carbocycles. The Hall–Kier alpha value is -2.82. The minimum absolute atomic E-state index is 0.0733. The molecular weight excluding hydrogens is 302 g/mol. The molecule has 0 aliphatic heterocycles. The number of hydrogen-bond acceptors (Lipinski definition) is 2. The second-order valence-corrected chi connectivity index (χ2v) is 5.62. The van der Waals surface area contributed by atoms with E-state index >= 15 is 0 Å². The molecule has 0 spiro atoms. The Morgan fingerprint density at radius 1 is 0.958 bits per heavy atom. The Balaban J connectivity index is 1.72. The monoisotopic (exact) mass is 325 g/mol. The van der Waals surface area contributed by atoms with Gasteiger partial charge in [-0.05, 0) is 36.6 Å². The van der Waals surface area contributed by atoms with Crippen LogP contribution in [0.1, 0.15) is 23.6 Å². The van der Waals surface area contributed by atoms with Gasteiger partial charge in [-0.25, -0.2) is 4.79 Å². The molecule has 0 heterocycles. The zero-order valence-electron chi connectivity index (χ0n) is 14.1. The van der Waals surface area contributed by atoms with Gasteiger partial charge in [-0.3, -0.25) is 4.79 Å². The van der Waals surface area contributed by atoms with E-state index in [1.54, 1.807) is 0 Å². The van der Waals surface area contributed by atoms with Crippen LogP contribution in [0.5, 0.6) is 0 Å². The zero-order chi connectivity index (χ0) is 17.4. The highest BCUT2D eigenvalue weighted by molar-refractivity contribution is 5.94. The predicted octanol–water partition coefficient (Wildman–Crippen LogP) is 3.00. The average Bonchev–Trinajstić information content (AvgIpc) is 2.59. The summed E-state index contributed by atoms with van der Waals surface area (Å²) in [6.07, 6.45) is 0.906. The van der Waals surface area contributed by atoms with Crippen LogP contribution in [0.25, 0.3) is 0 Å². The highest BCUT2D eigenvalue weighted by Gasteiger charge is 2.06. The van der Waals surface area contributed by atoms with Gasteiger partial charge in [0.1, 0.15) is 0 Å². The van der Waals surface area contributed by atoms with Gasteiger partial charge in [0, 0.05) is 12.2 Å². The van der Waals surface area contributed by atoms with Crippen molar-refractivity contribution in [3.63, 3.8) is 0 Å². The molecule has 2 rings (SSSR count). The summed E-state index contributed by atoms with van der Waals surface area (Å²) in [5.41, 5.74) is 4.07. The quantitative estimate of drug-likeness (QED) is 0.764. The number of amides is 3. The van der Waals surface area contributed by atoms with E-state index in [1.165, 1.54) is 5.56 Å². The van der Waals surface area contributed by atoms with Crippen molar-refractivity contribution in [3.8, 4) is 0 Å². The van der Waals surface area contributed by atoms with Gasteiger partial charge in [-0.15, -0.1) is 0 Å². The summed E-state index contributed by atoms with van der Waals surface area (Å²) in [5, 5.41) is 8.05. The number of aryl methyl sites for hydroxylation is 2.